The lowest BCUT2D eigenvalue weighted by Crippen LogP contribution is -2.37. The van der Waals surface area contributed by atoms with Crippen molar-refractivity contribution >= 4 is 15.7 Å². The van der Waals surface area contributed by atoms with Crippen molar-refractivity contribution in [1.82, 2.24) is 10.6 Å². The standard InChI is InChI=1S/C9H18N2O3S/c1-15(13,14)6-4-9(12)11-7-8-3-2-5-10-8/h8,10H,2-7H2,1H3,(H,11,12). The number of amides is 1. The Kier molecular flexibility index (Phi) is 4.53. The molecule has 0 bridgehead atoms. The Bertz CT molecular complexity index is 307. The third-order valence-corrected chi connectivity index (χ3v) is 3.35. The Hall–Kier alpha value is -0.620. The monoisotopic (exact) mass is 234 g/mol. The molecule has 0 spiro atoms. The number of hydrogen-bond acceptors (Lipinski definition) is 4. The SMILES string of the molecule is CS(=O)(=O)CCC(=O)NCC1CCCN1. The Labute approximate surface area is 90.5 Å². The molecule has 6 heteroatoms. The van der Waals surface area contributed by atoms with Crippen LogP contribution in [0.5, 0.6) is 0 Å². The second-order valence-corrected chi connectivity index (χ2v) is 6.24. The largest absolute Gasteiger partial charge is 0.355 e. The molecule has 0 aromatic heterocycles. The van der Waals surface area contributed by atoms with Crippen LogP contribution >= 0.6 is 0 Å². The van der Waals surface area contributed by atoms with Crippen molar-refractivity contribution in [3.63, 3.8) is 0 Å². The predicted octanol–water partition coefficient (Wildman–Crippen LogP) is -0.711. The fraction of sp³-hybridized carbons (Fsp3) is 0.889. The van der Waals surface area contributed by atoms with E-state index in [4.69, 9.17) is 0 Å². The summed E-state index contributed by atoms with van der Waals surface area (Å²) in [6.07, 6.45) is 3.42. The lowest BCUT2D eigenvalue weighted by atomic mass is 10.2. The van der Waals surface area contributed by atoms with Gasteiger partial charge >= 0.3 is 0 Å². The molecule has 1 fully saturated rings. The summed E-state index contributed by atoms with van der Waals surface area (Å²) in [5.41, 5.74) is 0. The highest BCUT2D eigenvalue weighted by molar-refractivity contribution is 7.90. The van der Waals surface area contributed by atoms with E-state index in [9.17, 15) is 13.2 Å². The quantitative estimate of drug-likeness (QED) is 0.659. The van der Waals surface area contributed by atoms with Crippen LogP contribution in [0.4, 0.5) is 0 Å². The molecule has 1 aliphatic rings. The normalized spacial score (nSPS) is 21.5. The summed E-state index contributed by atoms with van der Waals surface area (Å²) in [5.74, 6) is -0.258. The summed E-state index contributed by atoms with van der Waals surface area (Å²) < 4.78 is 21.6. The van der Waals surface area contributed by atoms with E-state index >= 15 is 0 Å². The van der Waals surface area contributed by atoms with Crippen molar-refractivity contribution in [2.75, 3.05) is 25.1 Å². The minimum Gasteiger partial charge on any atom is -0.355 e. The van der Waals surface area contributed by atoms with Crippen LogP contribution in [0.1, 0.15) is 19.3 Å². The van der Waals surface area contributed by atoms with Gasteiger partial charge in [-0.3, -0.25) is 4.79 Å². The van der Waals surface area contributed by atoms with Gasteiger partial charge < -0.3 is 10.6 Å². The third kappa shape index (κ3) is 5.74. The van der Waals surface area contributed by atoms with Crippen LogP contribution in [0.15, 0.2) is 0 Å². The zero-order valence-corrected chi connectivity index (χ0v) is 9.77. The second-order valence-electron chi connectivity index (χ2n) is 3.98. The van der Waals surface area contributed by atoms with E-state index in [2.05, 4.69) is 10.6 Å². The third-order valence-electron chi connectivity index (χ3n) is 2.41. The van der Waals surface area contributed by atoms with Gasteiger partial charge in [-0.25, -0.2) is 8.42 Å². The molecule has 1 saturated heterocycles. The van der Waals surface area contributed by atoms with E-state index in [1.54, 1.807) is 0 Å². The molecule has 1 atom stereocenters. The average Bonchev–Trinajstić information content (AvgIpc) is 2.62. The molecule has 15 heavy (non-hydrogen) atoms. The fourth-order valence-corrected chi connectivity index (χ4v) is 2.09. The minimum atomic E-state index is -3.03. The number of sulfone groups is 1. The Morgan fingerprint density at radius 1 is 1.53 bits per heavy atom. The first-order valence-electron chi connectivity index (χ1n) is 5.15. The summed E-state index contributed by atoms with van der Waals surface area (Å²) in [6.45, 7) is 1.60. The summed E-state index contributed by atoms with van der Waals surface area (Å²) in [6, 6.07) is 0.354. The van der Waals surface area contributed by atoms with Crippen LogP contribution in [0.3, 0.4) is 0 Å². The lowest BCUT2D eigenvalue weighted by Gasteiger charge is -2.10. The van der Waals surface area contributed by atoms with Gasteiger partial charge in [0, 0.05) is 25.3 Å². The molecule has 0 aliphatic carbocycles. The van der Waals surface area contributed by atoms with Crippen LogP contribution in [0, 0.1) is 0 Å². The molecule has 0 radical (unpaired) electrons. The maximum Gasteiger partial charge on any atom is 0.221 e. The lowest BCUT2D eigenvalue weighted by molar-refractivity contribution is -0.120. The van der Waals surface area contributed by atoms with Crippen LogP contribution in [-0.4, -0.2) is 45.5 Å². The van der Waals surface area contributed by atoms with E-state index in [0.29, 0.717) is 12.6 Å². The van der Waals surface area contributed by atoms with Gasteiger partial charge in [-0.05, 0) is 19.4 Å². The van der Waals surface area contributed by atoms with Gasteiger partial charge in [0.25, 0.3) is 0 Å². The first kappa shape index (κ1) is 12.4. The average molecular weight is 234 g/mol. The van der Waals surface area contributed by atoms with Gasteiger partial charge in [-0.1, -0.05) is 0 Å². The Morgan fingerprint density at radius 3 is 2.80 bits per heavy atom. The Balaban J connectivity index is 2.13. The van der Waals surface area contributed by atoms with E-state index in [0.717, 1.165) is 25.6 Å². The highest BCUT2D eigenvalue weighted by Crippen LogP contribution is 2.03. The zero-order valence-electron chi connectivity index (χ0n) is 8.95. The number of hydrogen-bond donors (Lipinski definition) is 2. The molecule has 1 heterocycles. The molecule has 88 valence electrons. The number of rotatable bonds is 5. The Morgan fingerprint density at radius 2 is 2.27 bits per heavy atom. The van der Waals surface area contributed by atoms with Crippen LogP contribution in [-0.2, 0) is 14.6 Å². The van der Waals surface area contributed by atoms with Crippen molar-refractivity contribution in [3.05, 3.63) is 0 Å². The first-order valence-corrected chi connectivity index (χ1v) is 7.21. The van der Waals surface area contributed by atoms with Gasteiger partial charge in [-0.15, -0.1) is 0 Å². The highest BCUT2D eigenvalue weighted by atomic mass is 32.2. The predicted molar refractivity (Wildman–Crippen MR) is 58.4 cm³/mol. The molecule has 1 unspecified atom stereocenters. The van der Waals surface area contributed by atoms with Gasteiger partial charge in [-0.2, -0.15) is 0 Å². The second kappa shape index (κ2) is 5.46. The van der Waals surface area contributed by atoms with E-state index < -0.39 is 9.84 Å². The summed E-state index contributed by atoms with van der Waals surface area (Å²) >= 11 is 0. The van der Waals surface area contributed by atoms with Gasteiger partial charge in [0.1, 0.15) is 9.84 Å². The van der Waals surface area contributed by atoms with Crippen LogP contribution in [0.25, 0.3) is 0 Å². The van der Waals surface area contributed by atoms with Crippen molar-refractivity contribution in [2.24, 2.45) is 0 Å². The molecule has 5 nitrogen and oxygen atoms in total. The molecule has 0 aromatic rings. The van der Waals surface area contributed by atoms with E-state index in [-0.39, 0.29) is 18.1 Å². The number of carbonyl (C=O) groups excluding carboxylic acids is 1. The van der Waals surface area contributed by atoms with E-state index in [1.165, 1.54) is 0 Å². The summed E-state index contributed by atoms with van der Waals surface area (Å²) in [5, 5.41) is 5.98. The maximum atomic E-state index is 11.2. The molecular formula is C9H18N2O3S. The summed E-state index contributed by atoms with van der Waals surface area (Å²) in [4.78, 5) is 11.2. The van der Waals surface area contributed by atoms with Crippen molar-refractivity contribution in [2.45, 2.75) is 25.3 Å². The molecule has 1 rings (SSSR count). The van der Waals surface area contributed by atoms with Crippen LogP contribution in [0.2, 0.25) is 0 Å². The summed E-state index contributed by atoms with van der Waals surface area (Å²) in [7, 11) is -3.03. The number of nitrogens with one attached hydrogen (secondary N) is 2. The number of carbonyl (C=O) groups is 1. The van der Waals surface area contributed by atoms with Gasteiger partial charge in [0.05, 0.1) is 5.75 Å². The van der Waals surface area contributed by atoms with Crippen molar-refractivity contribution < 1.29 is 13.2 Å². The van der Waals surface area contributed by atoms with E-state index in [1.807, 2.05) is 0 Å². The fourth-order valence-electron chi connectivity index (χ4n) is 1.53. The molecule has 0 aromatic carbocycles. The maximum absolute atomic E-state index is 11.2. The van der Waals surface area contributed by atoms with Crippen LogP contribution < -0.4 is 10.6 Å². The first-order chi connectivity index (χ1) is 6.97. The van der Waals surface area contributed by atoms with Gasteiger partial charge in [0.2, 0.25) is 5.91 Å². The minimum absolute atomic E-state index is 0.0611. The zero-order chi connectivity index (χ0) is 11.3. The van der Waals surface area contributed by atoms with Crippen molar-refractivity contribution in [1.29, 1.82) is 0 Å². The molecule has 1 aliphatic heterocycles. The molecule has 0 saturated carbocycles. The van der Waals surface area contributed by atoms with Gasteiger partial charge in [0.15, 0.2) is 0 Å². The topological polar surface area (TPSA) is 75.3 Å². The van der Waals surface area contributed by atoms with Crippen molar-refractivity contribution in [3.8, 4) is 0 Å². The molecular weight excluding hydrogens is 216 g/mol. The highest BCUT2D eigenvalue weighted by Gasteiger charge is 2.15. The molecule has 1 amide bonds. The smallest absolute Gasteiger partial charge is 0.221 e. The molecule has 2 N–H and O–H groups in total.